The summed E-state index contributed by atoms with van der Waals surface area (Å²) in [4.78, 5) is 0. The maximum atomic E-state index is 9.37. The van der Waals surface area contributed by atoms with E-state index >= 15 is 0 Å². The minimum absolute atomic E-state index is 0.0532. The summed E-state index contributed by atoms with van der Waals surface area (Å²) in [5.74, 6) is 0.0532. The summed E-state index contributed by atoms with van der Waals surface area (Å²) in [5, 5.41) is 9.37. The maximum absolute atomic E-state index is 9.37. The first-order valence-electron chi connectivity index (χ1n) is 3.73. The van der Waals surface area contributed by atoms with E-state index in [1.54, 1.807) is 13.2 Å². The first kappa shape index (κ1) is 8.71. The number of hydrogen-bond donors (Lipinski definition) is 1. The predicted octanol–water partition coefficient (Wildman–Crippen LogP) is 0.542. The van der Waals surface area contributed by atoms with Crippen LogP contribution in [0, 0.1) is 5.92 Å². The van der Waals surface area contributed by atoms with Crippen LogP contribution < -0.4 is 0 Å². The smallest absolute Gasteiger partial charge is 0.162 e. The van der Waals surface area contributed by atoms with Crippen molar-refractivity contribution in [2.45, 2.75) is 18.8 Å². The molecule has 1 aliphatic rings. The molecule has 0 aromatic carbocycles. The van der Waals surface area contributed by atoms with Gasteiger partial charge in [0, 0.05) is 13.0 Å². The molecule has 0 aliphatic carbocycles. The fourth-order valence-corrected chi connectivity index (χ4v) is 1.33. The zero-order valence-corrected chi connectivity index (χ0v) is 6.69. The predicted molar refractivity (Wildman–Crippen MR) is 41.1 cm³/mol. The van der Waals surface area contributed by atoms with E-state index < -0.39 is 6.10 Å². The summed E-state index contributed by atoms with van der Waals surface area (Å²) in [5.41, 5.74) is 0. The van der Waals surface area contributed by atoms with Crippen LogP contribution in [0.5, 0.6) is 0 Å². The normalized spacial score (nSPS) is 37.5. The summed E-state index contributed by atoms with van der Waals surface area (Å²) in [6, 6.07) is 0. The number of ether oxygens (including phenoxy) is 2. The molecule has 1 N–H and O–H groups in total. The molecule has 11 heavy (non-hydrogen) atoms. The van der Waals surface area contributed by atoms with Gasteiger partial charge in [-0.25, -0.2) is 0 Å². The van der Waals surface area contributed by atoms with E-state index in [1.807, 2.05) is 0 Å². The summed E-state index contributed by atoms with van der Waals surface area (Å²) < 4.78 is 10.2. The van der Waals surface area contributed by atoms with Crippen LogP contribution in [-0.4, -0.2) is 31.2 Å². The molecule has 0 bridgehead atoms. The number of rotatable bonds is 3. The lowest BCUT2D eigenvalue weighted by atomic mass is 10.0. The SMILES string of the molecule is C=CC[C@@H]1[C@@H](OC)OC[C@@H]1O. The Bertz CT molecular complexity index is 135. The lowest BCUT2D eigenvalue weighted by Crippen LogP contribution is -2.24. The third-order valence-corrected chi connectivity index (χ3v) is 1.95. The van der Waals surface area contributed by atoms with Crippen LogP contribution in [0.2, 0.25) is 0 Å². The molecular formula is C8H14O3. The molecule has 3 atom stereocenters. The number of methoxy groups -OCH3 is 1. The number of allylic oxidation sites excluding steroid dienone is 1. The summed E-state index contributed by atoms with van der Waals surface area (Å²) in [6.45, 7) is 3.98. The van der Waals surface area contributed by atoms with Crippen molar-refractivity contribution >= 4 is 0 Å². The summed E-state index contributed by atoms with van der Waals surface area (Å²) >= 11 is 0. The second-order valence-electron chi connectivity index (χ2n) is 2.69. The topological polar surface area (TPSA) is 38.7 Å². The van der Waals surface area contributed by atoms with E-state index in [9.17, 15) is 5.11 Å². The molecule has 0 amide bonds. The first-order chi connectivity index (χ1) is 5.29. The molecule has 1 rings (SSSR count). The largest absolute Gasteiger partial charge is 0.390 e. The van der Waals surface area contributed by atoms with E-state index in [2.05, 4.69) is 6.58 Å². The average Bonchev–Trinajstić information content (AvgIpc) is 2.34. The highest BCUT2D eigenvalue weighted by atomic mass is 16.7. The van der Waals surface area contributed by atoms with Gasteiger partial charge in [0.05, 0.1) is 12.7 Å². The van der Waals surface area contributed by atoms with E-state index in [0.29, 0.717) is 6.61 Å². The van der Waals surface area contributed by atoms with Gasteiger partial charge in [0.2, 0.25) is 0 Å². The van der Waals surface area contributed by atoms with E-state index in [-0.39, 0.29) is 12.2 Å². The fraction of sp³-hybridized carbons (Fsp3) is 0.750. The molecule has 1 aliphatic heterocycles. The third kappa shape index (κ3) is 1.80. The summed E-state index contributed by atoms with van der Waals surface area (Å²) in [7, 11) is 1.58. The van der Waals surface area contributed by atoms with Crippen LogP contribution in [0.1, 0.15) is 6.42 Å². The molecule has 64 valence electrons. The minimum atomic E-state index is -0.405. The summed E-state index contributed by atoms with van der Waals surface area (Å²) in [6.07, 6.45) is 1.84. The van der Waals surface area contributed by atoms with Crippen molar-refractivity contribution in [1.29, 1.82) is 0 Å². The first-order valence-corrected chi connectivity index (χ1v) is 3.73. The molecule has 3 heteroatoms. The Kier molecular flexibility index (Phi) is 3.05. The zero-order valence-electron chi connectivity index (χ0n) is 6.69. The fourth-order valence-electron chi connectivity index (χ4n) is 1.33. The van der Waals surface area contributed by atoms with Crippen LogP contribution in [0.3, 0.4) is 0 Å². The monoisotopic (exact) mass is 158 g/mol. The van der Waals surface area contributed by atoms with Crippen molar-refractivity contribution in [3.8, 4) is 0 Å². The standard InChI is InChI=1S/C8H14O3/c1-3-4-6-7(9)5-11-8(6)10-2/h3,6-9H,1,4-5H2,2H3/t6-,7-,8-/m0/s1. The van der Waals surface area contributed by atoms with Crippen LogP contribution in [-0.2, 0) is 9.47 Å². The lowest BCUT2D eigenvalue weighted by molar-refractivity contribution is -0.109. The van der Waals surface area contributed by atoms with Crippen LogP contribution >= 0.6 is 0 Å². The highest BCUT2D eigenvalue weighted by Gasteiger charge is 2.34. The third-order valence-electron chi connectivity index (χ3n) is 1.95. The van der Waals surface area contributed by atoms with E-state index in [4.69, 9.17) is 9.47 Å². The van der Waals surface area contributed by atoms with Gasteiger partial charge >= 0.3 is 0 Å². The van der Waals surface area contributed by atoms with Gasteiger partial charge in [0.25, 0.3) is 0 Å². The highest BCUT2D eigenvalue weighted by Crippen LogP contribution is 2.25. The molecular weight excluding hydrogens is 144 g/mol. The van der Waals surface area contributed by atoms with Gasteiger partial charge in [-0.2, -0.15) is 0 Å². The van der Waals surface area contributed by atoms with Crippen molar-refractivity contribution in [2.24, 2.45) is 5.92 Å². The molecule has 0 unspecified atom stereocenters. The molecule has 0 aromatic rings. The molecule has 0 radical (unpaired) electrons. The van der Waals surface area contributed by atoms with Crippen molar-refractivity contribution in [3.05, 3.63) is 12.7 Å². The maximum Gasteiger partial charge on any atom is 0.162 e. The van der Waals surface area contributed by atoms with Gasteiger partial charge in [0.15, 0.2) is 6.29 Å². The molecule has 1 saturated heterocycles. The number of aliphatic hydroxyl groups excluding tert-OH is 1. The van der Waals surface area contributed by atoms with Gasteiger partial charge < -0.3 is 14.6 Å². The molecule has 0 spiro atoms. The van der Waals surface area contributed by atoms with Crippen LogP contribution in [0.15, 0.2) is 12.7 Å². The van der Waals surface area contributed by atoms with Crippen molar-refractivity contribution in [2.75, 3.05) is 13.7 Å². The van der Waals surface area contributed by atoms with Gasteiger partial charge in [-0.1, -0.05) is 6.08 Å². The Labute approximate surface area is 66.6 Å². The minimum Gasteiger partial charge on any atom is -0.390 e. The quantitative estimate of drug-likeness (QED) is 0.609. The molecule has 1 heterocycles. The van der Waals surface area contributed by atoms with Crippen LogP contribution in [0.4, 0.5) is 0 Å². The van der Waals surface area contributed by atoms with E-state index in [1.165, 1.54) is 0 Å². The molecule has 3 nitrogen and oxygen atoms in total. The average molecular weight is 158 g/mol. The van der Waals surface area contributed by atoms with Crippen molar-refractivity contribution < 1.29 is 14.6 Å². The van der Waals surface area contributed by atoms with Gasteiger partial charge in [-0.05, 0) is 6.42 Å². The Balaban J connectivity index is 2.48. The Hall–Kier alpha value is -0.380. The lowest BCUT2D eigenvalue weighted by Gasteiger charge is -2.16. The molecule has 0 aromatic heterocycles. The van der Waals surface area contributed by atoms with Gasteiger partial charge in [0.1, 0.15) is 0 Å². The van der Waals surface area contributed by atoms with Crippen molar-refractivity contribution in [3.63, 3.8) is 0 Å². The Morgan fingerprint density at radius 1 is 1.82 bits per heavy atom. The Morgan fingerprint density at radius 3 is 3.09 bits per heavy atom. The van der Waals surface area contributed by atoms with Gasteiger partial charge in [-0.3, -0.25) is 0 Å². The molecule has 0 saturated carbocycles. The zero-order chi connectivity index (χ0) is 8.27. The second kappa shape index (κ2) is 3.85. The van der Waals surface area contributed by atoms with E-state index in [0.717, 1.165) is 6.42 Å². The Morgan fingerprint density at radius 2 is 2.55 bits per heavy atom. The van der Waals surface area contributed by atoms with Crippen molar-refractivity contribution in [1.82, 2.24) is 0 Å². The molecule has 1 fully saturated rings. The number of aliphatic hydroxyl groups is 1. The highest BCUT2D eigenvalue weighted by molar-refractivity contribution is 4.84. The number of hydrogen-bond acceptors (Lipinski definition) is 3. The van der Waals surface area contributed by atoms with Gasteiger partial charge in [-0.15, -0.1) is 6.58 Å². The van der Waals surface area contributed by atoms with Crippen LogP contribution in [0.25, 0.3) is 0 Å². The second-order valence-corrected chi connectivity index (χ2v) is 2.69.